The molecular formula is C10H21N. The summed E-state index contributed by atoms with van der Waals surface area (Å²) in [6, 6.07) is 0. The number of likely N-dealkylation sites (N-methyl/N-ethyl adjacent to an activating group) is 1. The molecule has 0 rings (SSSR count). The predicted octanol–water partition coefficient (Wildman–Crippen LogP) is 2.54. The van der Waals surface area contributed by atoms with Crippen molar-refractivity contribution in [2.75, 3.05) is 20.1 Å². The third kappa shape index (κ3) is 6.11. The minimum Gasteiger partial charge on any atom is -0.302 e. The highest BCUT2D eigenvalue weighted by atomic mass is 15.1. The lowest BCUT2D eigenvalue weighted by Crippen LogP contribution is -2.24. The average molecular weight is 155 g/mol. The highest BCUT2D eigenvalue weighted by Gasteiger charge is 2.01. The van der Waals surface area contributed by atoms with Crippen molar-refractivity contribution in [1.82, 2.24) is 4.90 Å². The zero-order valence-electron chi connectivity index (χ0n) is 8.30. The van der Waals surface area contributed by atoms with Gasteiger partial charge in [0.2, 0.25) is 0 Å². The third-order valence-electron chi connectivity index (χ3n) is 1.97. The zero-order chi connectivity index (χ0) is 8.69. The Hall–Kier alpha value is -0.300. The van der Waals surface area contributed by atoms with Crippen molar-refractivity contribution >= 4 is 0 Å². The summed E-state index contributed by atoms with van der Waals surface area (Å²) in [4.78, 5) is 2.36. The van der Waals surface area contributed by atoms with E-state index in [4.69, 9.17) is 0 Å². The van der Waals surface area contributed by atoms with Gasteiger partial charge in [0, 0.05) is 13.1 Å². The van der Waals surface area contributed by atoms with Gasteiger partial charge >= 0.3 is 0 Å². The van der Waals surface area contributed by atoms with E-state index >= 15 is 0 Å². The zero-order valence-corrected chi connectivity index (χ0v) is 8.30. The molecule has 66 valence electrons. The van der Waals surface area contributed by atoms with Crippen LogP contribution in [0.15, 0.2) is 12.2 Å². The summed E-state index contributed by atoms with van der Waals surface area (Å²) in [5, 5.41) is 0. The first-order valence-electron chi connectivity index (χ1n) is 4.50. The van der Waals surface area contributed by atoms with Gasteiger partial charge in [-0.15, -0.1) is 0 Å². The van der Waals surface area contributed by atoms with Crippen LogP contribution in [0.25, 0.3) is 0 Å². The van der Waals surface area contributed by atoms with Crippen LogP contribution in [-0.4, -0.2) is 25.0 Å². The first kappa shape index (κ1) is 10.7. The van der Waals surface area contributed by atoms with Gasteiger partial charge in [-0.2, -0.15) is 0 Å². The van der Waals surface area contributed by atoms with Crippen molar-refractivity contribution in [3.05, 3.63) is 12.2 Å². The Morgan fingerprint density at radius 2 is 2.09 bits per heavy atom. The lowest BCUT2D eigenvalue weighted by Gasteiger charge is -2.18. The van der Waals surface area contributed by atoms with Crippen LogP contribution in [-0.2, 0) is 0 Å². The van der Waals surface area contributed by atoms with Gasteiger partial charge in [0.15, 0.2) is 0 Å². The molecule has 0 spiro atoms. The Labute approximate surface area is 71.1 Å². The second kappa shape index (κ2) is 6.41. The maximum absolute atomic E-state index is 2.36. The second-order valence-electron chi connectivity index (χ2n) is 3.30. The molecule has 0 N–H and O–H groups in total. The lowest BCUT2D eigenvalue weighted by atomic mass is 10.1. The van der Waals surface area contributed by atoms with Crippen molar-refractivity contribution in [1.29, 1.82) is 0 Å². The summed E-state index contributed by atoms with van der Waals surface area (Å²) in [6.07, 6.45) is 5.58. The maximum Gasteiger partial charge on any atom is 0.0160 e. The van der Waals surface area contributed by atoms with E-state index in [0.29, 0.717) is 0 Å². The Kier molecular flexibility index (Phi) is 6.24. The molecule has 1 nitrogen and oxygen atoms in total. The van der Waals surface area contributed by atoms with E-state index in [1.165, 1.54) is 13.0 Å². The van der Waals surface area contributed by atoms with Crippen LogP contribution in [0.3, 0.4) is 0 Å². The lowest BCUT2D eigenvalue weighted by molar-refractivity contribution is 0.307. The summed E-state index contributed by atoms with van der Waals surface area (Å²) < 4.78 is 0. The maximum atomic E-state index is 2.36. The summed E-state index contributed by atoms with van der Waals surface area (Å²) in [6.45, 7) is 8.90. The smallest absolute Gasteiger partial charge is 0.0160 e. The van der Waals surface area contributed by atoms with Gasteiger partial charge in [0.1, 0.15) is 0 Å². The van der Waals surface area contributed by atoms with E-state index in [2.05, 4.69) is 44.9 Å². The van der Waals surface area contributed by atoms with E-state index in [0.717, 1.165) is 12.5 Å². The number of hydrogen-bond acceptors (Lipinski definition) is 1. The highest BCUT2D eigenvalue weighted by Crippen LogP contribution is 2.01. The Morgan fingerprint density at radius 1 is 1.45 bits per heavy atom. The van der Waals surface area contributed by atoms with Crippen LogP contribution in [0, 0.1) is 5.92 Å². The molecule has 0 aliphatic heterocycles. The third-order valence-corrected chi connectivity index (χ3v) is 1.97. The molecule has 0 saturated heterocycles. The van der Waals surface area contributed by atoms with Crippen LogP contribution < -0.4 is 0 Å². The molecular weight excluding hydrogens is 134 g/mol. The summed E-state index contributed by atoms with van der Waals surface area (Å²) in [5.41, 5.74) is 0. The van der Waals surface area contributed by atoms with Crippen LogP contribution in [0.5, 0.6) is 0 Å². The average Bonchev–Trinajstić information content (AvgIpc) is 2.00. The van der Waals surface area contributed by atoms with Gasteiger partial charge in [0.05, 0.1) is 0 Å². The molecule has 0 fully saturated rings. The van der Waals surface area contributed by atoms with Gasteiger partial charge in [-0.3, -0.25) is 0 Å². The first-order valence-corrected chi connectivity index (χ1v) is 4.50. The Morgan fingerprint density at radius 3 is 2.55 bits per heavy atom. The Balaban J connectivity index is 3.42. The van der Waals surface area contributed by atoms with Crippen LogP contribution in [0.2, 0.25) is 0 Å². The fourth-order valence-corrected chi connectivity index (χ4v) is 1.02. The molecule has 0 aromatic heterocycles. The van der Waals surface area contributed by atoms with Crippen LogP contribution in [0.1, 0.15) is 27.2 Å². The first-order chi connectivity index (χ1) is 5.20. The molecule has 0 heterocycles. The molecule has 0 amide bonds. The van der Waals surface area contributed by atoms with E-state index < -0.39 is 0 Å². The van der Waals surface area contributed by atoms with Crippen molar-refractivity contribution < 1.29 is 0 Å². The van der Waals surface area contributed by atoms with E-state index in [-0.39, 0.29) is 0 Å². The SMILES string of the molecule is C/C=C\CN(C)C[C@H](C)CC. The monoisotopic (exact) mass is 155 g/mol. The number of nitrogens with zero attached hydrogens (tertiary/aromatic N) is 1. The molecule has 1 atom stereocenters. The molecule has 0 saturated carbocycles. The number of allylic oxidation sites excluding steroid dienone is 1. The second-order valence-corrected chi connectivity index (χ2v) is 3.30. The van der Waals surface area contributed by atoms with Crippen molar-refractivity contribution in [3.63, 3.8) is 0 Å². The summed E-state index contributed by atoms with van der Waals surface area (Å²) >= 11 is 0. The summed E-state index contributed by atoms with van der Waals surface area (Å²) in [5.74, 6) is 0.824. The number of hydrogen-bond donors (Lipinski definition) is 0. The van der Waals surface area contributed by atoms with E-state index in [1.807, 2.05) is 0 Å². The molecule has 0 aromatic rings. The van der Waals surface area contributed by atoms with Crippen LogP contribution in [0.4, 0.5) is 0 Å². The highest BCUT2D eigenvalue weighted by molar-refractivity contribution is 4.80. The number of rotatable bonds is 5. The molecule has 1 heteroatoms. The van der Waals surface area contributed by atoms with Crippen molar-refractivity contribution in [3.8, 4) is 0 Å². The van der Waals surface area contributed by atoms with Crippen LogP contribution >= 0.6 is 0 Å². The van der Waals surface area contributed by atoms with Gasteiger partial charge in [-0.1, -0.05) is 32.4 Å². The van der Waals surface area contributed by atoms with Gasteiger partial charge in [0.25, 0.3) is 0 Å². The fourth-order valence-electron chi connectivity index (χ4n) is 1.02. The quantitative estimate of drug-likeness (QED) is 0.551. The van der Waals surface area contributed by atoms with Gasteiger partial charge in [-0.05, 0) is 19.9 Å². The molecule has 0 aliphatic carbocycles. The molecule has 0 aliphatic rings. The van der Waals surface area contributed by atoms with Crippen molar-refractivity contribution in [2.45, 2.75) is 27.2 Å². The predicted molar refractivity (Wildman–Crippen MR) is 51.8 cm³/mol. The largest absolute Gasteiger partial charge is 0.302 e. The Bertz CT molecular complexity index is 107. The normalized spacial score (nSPS) is 14.6. The standard InChI is InChI=1S/C10H21N/c1-5-7-8-11(4)9-10(3)6-2/h5,7,10H,6,8-9H2,1-4H3/b7-5-/t10-/m1/s1. The molecule has 11 heavy (non-hydrogen) atoms. The van der Waals surface area contributed by atoms with Gasteiger partial charge < -0.3 is 4.90 Å². The van der Waals surface area contributed by atoms with Crippen molar-refractivity contribution in [2.24, 2.45) is 5.92 Å². The minimum atomic E-state index is 0.824. The minimum absolute atomic E-state index is 0.824. The molecule has 0 radical (unpaired) electrons. The topological polar surface area (TPSA) is 3.24 Å². The molecule has 0 aromatic carbocycles. The molecule has 0 unspecified atom stereocenters. The van der Waals surface area contributed by atoms with Gasteiger partial charge in [-0.25, -0.2) is 0 Å². The summed E-state index contributed by atoms with van der Waals surface area (Å²) in [7, 11) is 2.17. The van der Waals surface area contributed by atoms with E-state index in [9.17, 15) is 0 Å². The fraction of sp³-hybridized carbons (Fsp3) is 0.800. The molecule has 0 bridgehead atoms. The van der Waals surface area contributed by atoms with E-state index in [1.54, 1.807) is 0 Å².